The zero-order valence-corrected chi connectivity index (χ0v) is 9.81. The predicted molar refractivity (Wildman–Crippen MR) is 65.6 cm³/mol. The number of fused-ring (bicyclic) bond motifs is 1. The second-order valence-electron chi connectivity index (χ2n) is 4.86. The molecule has 87 valence electrons. The van der Waals surface area contributed by atoms with Gasteiger partial charge in [0.15, 0.2) is 0 Å². The molecule has 3 heteroatoms. The molecule has 1 aliphatic heterocycles. The fraction of sp³-hybridized carbons (Fsp3) is 0.357. The van der Waals surface area contributed by atoms with Crippen LogP contribution in [-0.4, -0.2) is 6.03 Å². The van der Waals surface area contributed by atoms with Gasteiger partial charge in [0.1, 0.15) is 0 Å². The quantitative estimate of drug-likeness (QED) is 0.829. The van der Waals surface area contributed by atoms with Gasteiger partial charge in [-0.15, -0.1) is 0 Å². The third-order valence-corrected chi connectivity index (χ3v) is 3.67. The summed E-state index contributed by atoms with van der Waals surface area (Å²) in [5.74, 6) is 1.12. The van der Waals surface area contributed by atoms with Crippen molar-refractivity contribution < 1.29 is 4.79 Å². The molecular formula is C14H15N2O. The van der Waals surface area contributed by atoms with Crippen LogP contribution in [0.3, 0.4) is 0 Å². The maximum absolute atomic E-state index is 11.0. The number of hydrogen-bond acceptors (Lipinski definition) is 1. The predicted octanol–water partition coefficient (Wildman–Crippen LogP) is 2.84. The van der Waals surface area contributed by atoms with Crippen molar-refractivity contribution in [3.8, 4) is 0 Å². The Bertz CT molecular complexity index is 493. The lowest BCUT2D eigenvalue weighted by Gasteiger charge is -2.10. The minimum atomic E-state index is -0.237. The highest BCUT2D eigenvalue weighted by Crippen LogP contribution is 2.44. The Morgan fingerprint density at radius 3 is 2.82 bits per heavy atom. The summed E-state index contributed by atoms with van der Waals surface area (Å²) in [5.41, 5.74) is 3.76. The lowest BCUT2D eigenvalue weighted by atomic mass is 9.96. The van der Waals surface area contributed by atoms with Crippen molar-refractivity contribution in [3.05, 3.63) is 47.3 Å². The summed E-state index contributed by atoms with van der Waals surface area (Å²) in [6, 6.07) is 8.37. The highest BCUT2D eigenvalue weighted by Gasteiger charge is 2.29. The van der Waals surface area contributed by atoms with Gasteiger partial charge in [0.2, 0.25) is 0 Å². The average Bonchev–Trinajstić information content (AvgIpc) is 2.86. The number of rotatable bonds is 2. The van der Waals surface area contributed by atoms with E-state index >= 15 is 0 Å². The highest BCUT2D eigenvalue weighted by molar-refractivity contribution is 5.79. The molecule has 2 atom stereocenters. The van der Waals surface area contributed by atoms with Crippen molar-refractivity contribution in [2.24, 2.45) is 0 Å². The molecule has 1 heterocycles. The van der Waals surface area contributed by atoms with E-state index in [1.54, 1.807) is 6.20 Å². The van der Waals surface area contributed by atoms with E-state index in [4.69, 9.17) is 0 Å². The zero-order chi connectivity index (χ0) is 11.8. The first-order chi connectivity index (χ1) is 8.24. The number of nitrogens with zero attached hydrogens (tertiary/aromatic N) is 1. The SMILES string of the molecule is CC1CC(CC2=CNC(=O)[N]2)c2ccccc21. The van der Waals surface area contributed by atoms with Gasteiger partial charge in [0.25, 0.3) is 0 Å². The van der Waals surface area contributed by atoms with Gasteiger partial charge in [-0.25, -0.2) is 4.79 Å². The average molecular weight is 227 g/mol. The van der Waals surface area contributed by atoms with Gasteiger partial charge in [-0.05, 0) is 35.8 Å². The zero-order valence-electron chi connectivity index (χ0n) is 9.81. The van der Waals surface area contributed by atoms with Crippen LogP contribution in [0.4, 0.5) is 4.79 Å². The molecule has 1 aliphatic carbocycles. The van der Waals surface area contributed by atoms with Gasteiger partial charge >= 0.3 is 6.03 Å². The van der Waals surface area contributed by atoms with Crippen molar-refractivity contribution in [2.45, 2.75) is 31.6 Å². The molecule has 2 unspecified atom stereocenters. The van der Waals surface area contributed by atoms with Crippen LogP contribution in [0.5, 0.6) is 0 Å². The van der Waals surface area contributed by atoms with E-state index < -0.39 is 0 Å². The van der Waals surface area contributed by atoms with E-state index in [-0.39, 0.29) is 6.03 Å². The van der Waals surface area contributed by atoms with Crippen molar-refractivity contribution >= 4 is 6.03 Å². The minimum absolute atomic E-state index is 0.237. The highest BCUT2D eigenvalue weighted by atomic mass is 16.2. The molecule has 0 spiro atoms. The van der Waals surface area contributed by atoms with Gasteiger partial charge in [-0.2, -0.15) is 5.32 Å². The first-order valence-electron chi connectivity index (χ1n) is 6.04. The summed E-state index contributed by atoms with van der Waals surface area (Å²) in [6.07, 6.45) is 3.74. The van der Waals surface area contributed by atoms with Crippen LogP contribution in [0.15, 0.2) is 36.2 Å². The Hall–Kier alpha value is -1.77. The van der Waals surface area contributed by atoms with Crippen LogP contribution in [0, 0.1) is 0 Å². The Morgan fingerprint density at radius 1 is 1.35 bits per heavy atom. The summed E-state index contributed by atoms with van der Waals surface area (Å²) in [7, 11) is 0. The molecule has 0 fully saturated rings. The molecule has 2 aliphatic rings. The molecule has 17 heavy (non-hydrogen) atoms. The van der Waals surface area contributed by atoms with Gasteiger partial charge in [0.05, 0.1) is 5.70 Å². The topological polar surface area (TPSA) is 43.2 Å². The Morgan fingerprint density at radius 2 is 2.12 bits per heavy atom. The van der Waals surface area contributed by atoms with Crippen LogP contribution in [0.1, 0.15) is 42.7 Å². The summed E-state index contributed by atoms with van der Waals surface area (Å²) in [5, 5.41) is 6.57. The smallest absolute Gasteiger partial charge is 0.311 e. The summed E-state index contributed by atoms with van der Waals surface area (Å²) in [4.78, 5) is 11.0. The van der Waals surface area contributed by atoms with Gasteiger partial charge in [-0.1, -0.05) is 31.2 Å². The molecule has 0 bridgehead atoms. The van der Waals surface area contributed by atoms with Crippen LogP contribution < -0.4 is 10.6 Å². The monoisotopic (exact) mass is 227 g/mol. The molecule has 0 saturated heterocycles. The van der Waals surface area contributed by atoms with Crippen LogP contribution in [0.25, 0.3) is 0 Å². The first kappa shape index (κ1) is 10.4. The molecular weight excluding hydrogens is 212 g/mol. The molecule has 1 aromatic rings. The van der Waals surface area contributed by atoms with Crippen LogP contribution in [-0.2, 0) is 0 Å². The molecule has 0 saturated carbocycles. The Kier molecular flexibility index (Phi) is 2.39. The molecule has 1 aromatic carbocycles. The standard InChI is InChI=1S/C14H15N2O/c1-9-6-10(7-11-8-15-14(17)16-11)13-5-3-2-4-12(9)13/h2-5,8-10H,6-7H2,1H3,(H,15,17). The second kappa shape index (κ2) is 3.91. The number of amides is 2. The van der Waals surface area contributed by atoms with Crippen molar-refractivity contribution in [3.63, 3.8) is 0 Å². The first-order valence-corrected chi connectivity index (χ1v) is 6.04. The molecule has 3 rings (SSSR count). The van der Waals surface area contributed by atoms with E-state index in [1.807, 2.05) is 0 Å². The number of urea groups is 1. The number of nitrogens with one attached hydrogen (secondary N) is 1. The number of carbonyl (C=O) groups excluding carboxylic acids is 1. The maximum atomic E-state index is 11.0. The summed E-state index contributed by atoms with van der Waals surface area (Å²) >= 11 is 0. The number of carbonyl (C=O) groups is 1. The number of hydrogen-bond donors (Lipinski definition) is 1. The fourth-order valence-electron chi connectivity index (χ4n) is 2.90. The Labute approximate surface area is 101 Å². The van der Waals surface area contributed by atoms with Crippen molar-refractivity contribution in [2.75, 3.05) is 0 Å². The molecule has 3 nitrogen and oxygen atoms in total. The number of benzene rings is 1. The second-order valence-corrected chi connectivity index (χ2v) is 4.86. The summed E-state index contributed by atoms with van der Waals surface area (Å²) in [6.45, 7) is 2.27. The largest absolute Gasteiger partial charge is 0.345 e. The molecule has 1 N–H and O–H groups in total. The van der Waals surface area contributed by atoms with Crippen LogP contribution >= 0.6 is 0 Å². The van der Waals surface area contributed by atoms with Gasteiger partial charge in [-0.3, -0.25) is 0 Å². The Balaban J connectivity index is 1.80. The third kappa shape index (κ3) is 1.82. The third-order valence-electron chi connectivity index (χ3n) is 3.67. The number of allylic oxidation sites excluding steroid dienone is 1. The van der Waals surface area contributed by atoms with Crippen molar-refractivity contribution in [1.82, 2.24) is 10.6 Å². The van der Waals surface area contributed by atoms with E-state index in [1.165, 1.54) is 11.1 Å². The van der Waals surface area contributed by atoms with Crippen molar-refractivity contribution in [1.29, 1.82) is 0 Å². The lowest BCUT2D eigenvalue weighted by Crippen LogP contribution is -2.16. The van der Waals surface area contributed by atoms with Crippen LogP contribution in [0.2, 0.25) is 0 Å². The molecule has 2 amide bonds. The normalized spacial score (nSPS) is 26.2. The van der Waals surface area contributed by atoms with E-state index in [2.05, 4.69) is 41.8 Å². The van der Waals surface area contributed by atoms with Gasteiger partial charge in [0, 0.05) is 6.20 Å². The fourth-order valence-corrected chi connectivity index (χ4v) is 2.90. The molecule has 0 aromatic heterocycles. The molecule has 1 radical (unpaired) electrons. The minimum Gasteiger partial charge on any atom is -0.311 e. The van der Waals surface area contributed by atoms with E-state index in [0.29, 0.717) is 11.8 Å². The lowest BCUT2D eigenvalue weighted by molar-refractivity contribution is 0.248. The van der Waals surface area contributed by atoms with Gasteiger partial charge < -0.3 is 5.32 Å². The van der Waals surface area contributed by atoms with E-state index in [0.717, 1.165) is 18.5 Å². The maximum Gasteiger partial charge on any atom is 0.345 e. The summed E-state index contributed by atoms with van der Waals surface area (Å²) < 4.78 is 0. The van der Waals surface area contributed by atoms with E-state index in [9.17, 15) is 4.79 Å².